The summed E-state index contributed by atoms with van der Waals surface area (Å²) >= 11 is 1.75. The third kappa shape index (κ3) is 7.62. The number of benzene rings is 1. The van der Waals surface area contributed by atoms with E-state index < -0.39 is 8.80 Å². The third-order valence-electron chi connectivity index (χ3n) is 3.40. The maximum atomic E-state index is 5.49. The second-order valence-corrected chi connectivity index (χ2v) is 18.9. The molecule has 1 aromatic heterocycles. The first-order chi connectivity index (χ1) is 12.6. The summed E-state index contributed by atoms with van der Waals surface area (Å²) in [5.74, 6) is 1.52. The van der Waals surface area contributed by atoms with Crippen molar-refractivity contribution in [1.29, 1.82) is 0 Å². The van der Waals surface area contributed by atoms with Gasteiger partial charge < -0.3 is 13.3 Å². The van der Waals surface area contributed by atoms with Crippen LogP contribution in [0.15, 0.2) is 28.6 Å². The van der Waals surface area contributed by atoms with Gasteiger partial charge in [0.25, 0.3) is 0 Å². The van der Waals surface area contributed by atoms with Crippen LogP contribution in [0, 0.1) is 5.92 Å². The lowest BCUT2D eigenvalue weighted by atomic mass is 10.3. The summed E-state index contributed by atoms with van der Waals surface area (Å²) in [6.45, 7) is 2.21. The van der Waals surface area contributed by atoms with Crippen LogP contribution in [-0.2, 0) is 13.3 Å². The Labute approximate surface area is 182 Å². The van der Waals surface area contributed by atoms with E-state index in [9.17, 15) is 0 Å². The van der Waals surface area contributed by atoms with Gasteiger partial charge in [0, 0.05) is 33.1 Å². The predicted molar refractivity (Wildman–Crippen MR) is 129 cm³/mol. The molecule has 0 aliphatic heterocycles. The molecule has 0 fully saturated rings. The van der Waals surface area contributed by atoms with E-state index in [-0.39, 0.29) is 0 Å². The van der Waals surface area contributed by atoms with Gasteiger partial charge in [-0.2, -0.15) is 0 Å². The van der Waals surface area contributed by atoms with Crippen molar-refractivity contribution in [2.45, 2.75) is 17.3 Å². The molecule has 0 amide bonds. The Kier molecular flexibility index (Phi) is 11.6. The highest BCUT2D eigenvalue weighted by molar-refractivity contribution is 9.41. The van der Waals surface area contributed by atoms with Crippen molar-refractivity contribution >= 4 is 91.2 Å². The monoisotopic (exact) mass is 503 g/mol. The lowest BCUT2D eigenvalue weighted by Crippen LogP contribution is -2.44. The zero-order valence-electron chi connectivity index (χ0n) is 14.8. The molecule has 2 rings (SSSR count). The molecule has 2 aromatic rings. The SMILES string of the molecule is CO[Si](CC(C)CSSSSSSc1nc2ccccc2s1)(OC)OC. The summed E-state index contributed by atoms with van der Waals surface area (Å²) < 4.78 is 18.8. The fourth-order valence-electron chi connectivity index (χ4n) is 2.10. The molecule has 12 heteroatoms. The molecule has 1 heterocycles. The summed E-state index contributed by atoms with van der Waals surface area (Å²) in [6, 6.07) is 9.10. The summed E-state index contributed by atoms with van der Waals surface area (Å²) in [5, 5.41) is 0. The molecule has 26 heavy (non-hydrogen) atoms. The van der Waals surface area contributed by atoms with Gasteiger partial charge in [0.1, 0.15) is 0 Å². The minimum Gasteiger partial charge on any atom is -0.377 e. The molecule has 1 unspecified atom stereocenters. The number of fused-ring (bicyclic) bond motifs is 1. The lowest BCUT2D eigenvalue weighted by Gasteiger charge is -2.26. The van der Waals surface area contributed by atoms with Crippen LogP contribution in [0.1, 0.15) is 6.92 Å². The van der Waals surface area contributed by atoms with Gasteiger partial charge in [-0.3, -0.25) is 0 Å². The number of hydrogen-bond acceptors (Lipinski definition) is 11. The average molecular weight is 504 g/mol. The molecule has 0 N–H and O–H groups in total. The second-order valence-electron chi connectivity index (χ2n) is 5.19. The van der Waals surface area contributed by atoms with Crippen LogP contribution in [0.25, 0.3) is 10.2 Å². The first kappa shape index (κ1) is 23.6. The van der Waals surface area contributed by atoms with E-state index in [1.165, 1.54) is 4.70 Å². The lowest BCUT2D eigenvalue weighted by molar-refractivity contribution is 0.120. The van der Waals surface area contributed by atoms with Crippen LogP contribution in [0.2, 0.25) is 6.04 Å². The van der Waals surface area contributed by atoms with Crippen molar-refractivity contribution < 1.29 is 13.3 Å². The van der Waals surface area contributed by atoms with Gasteiger partial charge in [0.2, 0.25) is 0 Å². The highest BCUT2D eigenvalue weighted by Gasteiger charge is 2.39. The van der Waals surface area contributed by atoms with E-state index in [4.69, 9.17) is 13.3 Å². The van der Waals surface area contributed by atoms with Crippen LogP contribution >= 0.6 is 72.2 Å². The minimum absolute atomic E-state index is 0.481. The highest BCUT2D eigenvalue weighted by atomic mass is 33.9. The summed E-state index contributed by atoms with van der Waals surface area (Å²) in [6.07, 6.45) is 0. The van der Waals surface area contributed by atoms with Crippen molar-refractivity contribution in [3.8, 4) is 0 Å². The number of para-hydroxylation sites is 1. The van der Waals surface area contributed by atoms with Gasteiger partial charge in [0.15, 0.2) is 4.34 Å². The average Bonchev–Trinajstić information content (AvgIpc) is 3.08. The van der Waals surface area contributed by atoms with Crippen LogP contribution < -0.4 is 0 Å². The summed E-state index contributed by atoms with van der Waals surface area (Å²) in [4.78, 5) is 4.62. The first-order valence-corrected chi connectivity index (χ1v) is 18.0. The van der Waals surface area contributed by atoms with Gasteiger partial charge in [-0.25, -0.2) is 4.98 Å². The zero-order valence-corrected chi connectivity index (χ0v) is 21.5. The molecule has 0 aliphatic carbocycles. The van der Waals surface area contributed by atoms with Crippen LogP contribution in [-0.4, -0.2) is 40.9 Å². The Hall–Kier alpha value is 1.31. The Bertz CT molecular complexity index is 617. The van der Waals surface area contributed by atoms with Crippen molar-refractivity contribution in [3.63, 3.8) is 0 Å². The van der Waals surface area contributed by atoms with E-state index in [2.05, 4.69) is 30.1 Å². The van der Waals surface area contributed by atoms with Gasteiger partial charge in [-0.15, -0.1) is 11.3 Å². The second kappa shape index (κ2) is 12.8. The van der Waals surface area contributed by atoms with Gasteiger partial charge >= 0.3 is 8.80 Å². The molecule has 1 aromatic carbocycles. The molecule has 0 saturated carbocycles. The van der Waals surface area contributed by atoms with Gasteiger partial charge in [-0.1, -0.05) is 29.9 Å². The van der Waals surface area contributed by atoms with Crippen LogP contribution in [0.4, 0.5) is 0 Å². The van der Waals surface area contributed by atoms with E-state index in [0.717, 1.165) is 21.7 Å². The summed E-state index contributed by atoms with van der Waals surface area (Å²) in [7, 11) is 13.3. The number of thiazole rings is 1. The van der Waals surface area contributed by atoms with Crippen LogP contribution in [0.3, 0.4) is 0 Å². The Morgan fingerprint density at radius 1 is 1.04 bits per heavy atom. The molecular formula is C14H21NO3S7Si. The quantitative estimate of drug-likeness (QED) is 0.160. The smallest absolute Gasteiger partial charge is 0.377 e. The molecular weight excluding hydrogens is 483 g/mol. The number of rotatable bonds is 13. The fourth-order valence-corrected chi connectivity index (χ4v) is 17.4. The maximum Gasteiger partial charge on any atom is 0.500 e. The zero-order chi connectivity index (χ0) is 18.8. The standard InChI is InChI=1S/C14H21NO3S7Si/c1-11(10-26(16-2,17-3)18-4)9-19-22-24-25-23-21-14-15-12-7-5-6-8-13(12)20-14/h5-8,11H,9-10H2,1-4H3. The molecule has 0 bridgehead atoms. The summed E-state index contributed by atoms with van der Waals surface area (Å²) in [5.41, 5.74) is 1.08. The topological polar surface area (TPSA) is 40.6 Å². The molecule has 1 atom stereocenters. The van der Waals surface area contributed by atoms with E-state index in [1.807, 2.05) is 26.7 Å². The molecule has 4 nitrogen and oxygen atoms in total. The van der Waals surface area contributed by atoms with E-state index in [1.54, 1.807) is 72.9 Å². The number of hydrogen-bond donors (Lipinski definition) is 0. The van der Waals surface area contributed by atoms with Crippen molar-refractivity contribution in [2.75, 3.05) is 27.1 Å². The van der Waals surface area contributed by atoms with Crippen molar-refractivity contribution in [3.05, 3.63) is 24.3 Å². The van der Waals surface area contributed by atoms with Crippen molar-refractivity contribution in [1.82, 2.24) is 4.98 Å². The molecule has 0 saturated heterocycles. The number of nitrogens with zero attached hydrogens (tertiary/aromatic N) is 1. The Morgan fingerprint density at radius 3 is 2.42 bits per heavy atom. The van der Waals surface area contributed by atoms with E-state index in [0.29, 0.717) is 5.92 Å². The molecule has 0 spiro atoms. The van der Waals surface area contributed by atoms with Crippen LogP contribution in [0.5, 0.6) is 0 Å². The first-order valence-electron chi connectivity index (χ1n) is 7.59. The Balaban J connectivity index is 1.56. The predicted octanol–water partition coefficient (Wildman–Crippen LogP) is 7.14. The number of aromatic nitrogens is 1. The van der Waals surface area contributed by atoms with Crippen molar-refractivity contribution in [2.24, 2.45) is 5.92 Å². The fraction of sp³-hybridized carbons (Fsp3) is 0.500. The normalized spacial score (nSPS) is 13.4. The molecule has 146 valence electrons. The van der Waals surface area contributed by atoms with Gasteiger partial charge in [-0.05, 0) is 68.1 Å². The van der Waals surface area contributed by atoms with E-state index >= 15 is 0 Å². The maximum absolute atomic E-state index is 5.49. The third-order valence-corrected chi connectivity index (χ3v) is 18.7. The highest BCUT2D eigenvalue weighted by Crippen LogP contribution is 2.54. The molecule has 0 radical (unpaired) electrons. The van der Waals surface area contributed by atoms with Gasteiger partial charge in [0.05, 0.1) is 10.2 Å². The Morgan fingerprint density at radius 2 is 1.73 bits per heavy atom. The molecule has 0 aliphatic rings. The minimum atomic E-state index is -2.46. The largest absolute Gasteiger partial charge is 0.500 e.